The Hall–Kier alpha value is -1.95. The number of rotatable bonds is 6. The zero-order chi connectivity index (χ0) is 16.2. The SMILES string of the molecule is CCCn1ccnc1CN1CCC[C@@H]1c1cc(NC)nc(C)n1. The minimum atomic E-state index is 0.357. The first-order valence-electron chi connectivity index (χ1n) is 8.48. The standard InChI is InChI=1S/C17H26N6/c1-4-8-22-10-7-19-17(22)12-23-9-5-6-15(23)14-11-16(18-3)21-13(2)20-14/h7,10-11,15H,4-6,8-9,12H2,1-3H3,(H,18,20,21)/t15-/m1/s1. The molecule has 3 rings (SSSR count). The van der Waals surface area contributed by atoms with Crippen LogP contribution < -0.4 is 5.32 Å². The summed E-state index contributed by atoms with van der Waals surface area (Å²) in [6, 6.07) is 2.43. The van der Waals surface area contributed by atoms with Gasteiger partial charge in [0.15, 0.2) is 0 Å². The zero-order valence-electron chi connectivity index (χ0n) is 14.3. The number of nitrogens with one attached hydrogen (secondary N) is 1. The molecule has 3 heterocycles. The first kappa shape index (κ1) is 15.9. The second-order valence-electron chi connectivity index (χ2n) is 6.14. The molecule has 1 aliphatic heterocycles. The fourth-order valence-corrected chi connectivity index (χ4v) is 3.36. The van der Waals surface area contributed by atoms with Crippen molar-refractivity contribution in [1.29, 1.82) is 0 Å². The number of aromatic nitrogens is 4. The summed E-state index contributed by atoms with van der Waals surface area (Å²) in [5, 5.41) is 3.13. The second-order valence-corrected chi connectivity index (χ2v) is 6.14. The van der Waals surface area contributed by atoms with Crippen LogP contribution in [0.1, 0.15) is 49.6 Å². The van der Waals surface area contributed by atoms with E-state index in [9.17, 15) is 0 Å². The van der Waals surface area contributed by atoms with E-state index >= 15 is 0 Å². The zero-order valence-corrected chi connectivity index (χ0v) is 14.3. The summed E-state index contributed by atoms with van der Waals surface area (Å²) in [6.07, 6.45) is 7.47. The molecule has 23 heavy (non-hydrogen) atoms. The Morgan fingerprint density at radius 2 is 2.22 bits per heavy atom. The predicted molar refractivity (Wildman–Crippen MR) is 91.2 cm³/mol. The van der Waals surface area contributed by atoms with E-state index in [2.05, 4.69) is 48.9 Å². The van der Waals surface area contributed by atoms with Crippen LogP contribution in [0.5, 0.6) is 0 Å². The summed E-state index contributed by atoms with van der Waals surface area (Å²) in [4.78, 5) is 16.1. The van der Waals surface area contributed by atoms with Crippen LogP contribution in [0.15, 0.2) is 18.5 Å². The van der Waals surface area contributed by atoms with Gasteiger partial charge >= 0.3 is 0 Å². The van der Waals surface area contributed by atoms with E-state index in [-0.39, 0.29) is 0 Å². The van der Waals surface area contributed by atoms with Crippen molar-refractivity contribution in [2.24, 2.45) is 0 Å². The van der Waals surface area contributed by atoms with Gasteiger partial charge in [0.2, 0.25) is 0 Å². The Kier molecular flexibility index (Phi) is 4.91. The van der Waals surface area contributed by atoms with Crippen LogP contribution in [-0.2, 0) is 13.1 Å². The molecule has 1 aliphatic rings. The van der Waals surface area contributed by atoms with Gasteiger partial charge < -0.3 is 9.88 Å². The van der Waals surface area contributed by atoms with Gasteiger partial charge in [0.25, 0.3) is 0 Å². The van der Waals surface area contributed by atoms with E-state index < -0.39 is 0 Å². The highest BCUT2D eigenvalue weighted by atomic mass is 15.2. The molecule has 0 saturated carbocycles. The molecule has 0 spiro atoms. The Bertz CT molecular complexity index is 650. The quantitative estimate of drug-likeness (QED) is 0.888. The molecule has 0 aliphatic carbocycles. The molecule has 1 N–H and O–H groups in total. The minimum absolute atomic E-state index is 0.357. The Morgan fingerprint density at radius 3 is 3.00 bits per heavy atom. The van der Waals surface area contributed by atoms with Crippen LogP contribution in [0.25, 0.3) is 0 Å². The van der Waals surface area contributed by atoms with Crippen molar-refractivity contribution < 1.29 is 0 Å². The molecule has 6 nitrogen and oxygen atoms in total. The van der Waals surface area contributed by atoms with E-state index in [1.807, 2.05) is 20.2 Å². The summed E-state index contributed by atoms with van der Waals surface area (Å²) in [5.41, 5.74) is 1.12. The molecule has 124 valence electrons. The van der Waals surface area contributed by atoms with E-state index in [1.54, 1.807) is 0 Å². The van der Waals surface area contributed by atoms with Gasteiger partial charge in [-0.15, -0.1) is 0 Å². The average Bonchev–Trinajstić information content (AvgIpc) is 3.17. The fourth-order valence-electron chi connectivity index (χ4n) is 3.36. The largest absolute Gasteiger partial charge is 0.373 e. The third kappa shape index (κ3) is 3.52. The number of likely N-dealkylation sites (tertiary alicyclic amines) is 1. The summed E-state index contributed by atoms with van der Waals surface area (Å²) in [5.74, 6) is 2.87. The van der Waals surface area contributed by atoms with Crippen molar-refractivity contribution in [3.05, 3.63) is 35.8 Å². The monoisotopic (exact) mass is 314 g/mol. The van der Waals surface area contributed by atoms with Gasteiger partial charge in [-0.05, 0) is 32.7 Å². The molecule has 0 aromatic carbocycles. The van der Waals surface area contributed by atoms with Crippen molar-refractivity contribution >= 4 is 5.82 Å². The number of aryl methyl sites for hydroxylation is 2. The van der Waals surface area contributed by atoms with Crippen LogP contribution in [0.3, 0.4) is 0 Å². The lowest BCUT2D eigenvalue weighted by Crippen LogP contribution is -2.25. The average molecular weight is 314 g/mol. The molecule has 2 aromatic rings. The van der Waals surface area contributed by atoms with Crippen LogP contribution in [0, 0.1) is 6.92 Å². The molecule has 0 amide bonds. The normalized spacial score (nSPS) is 18.5. The highest BCUT2D eigenvalue weighted by Crippen LogP contribution is 2.32. The molecular weight excluding hydrogens is 288 g/mol. The molecular formula is C17H26N6. The van der Waals surface area contributed by atoms with Gasteiger partial charge in [0.05, 0.1) is 18.3 Å². The van der Waals surface area contributed by atoms with E-state index in [0.717, 1.165) is 55.6 Å². The first-order chi connectivity index (χ1) is 11.2. The van der Waals surface area contributed by atoms with Crippen molar-refractivity contribution in [1.82, 2.24) is 24.4 Å². The summed E-state index contributed by atoms with van der Waals surface area (Å²) in [6.45, 7) is 7.17. The van der Waals surface area contributed by atoms with Crippen molar-refractivity contribution in [3.63, 3.8) is 0 Å². The van der Waals surface area contributed by atoms with Crippen molar-refractivity contribution in [3.8, 4) is 0 Å². The highest BCUT2D eigenvalue weighted by molar-refractivity contribution is 5.36. The maximum Gasteiger partial charge on any atom is 0.129 e. The molecule has 1 saturated heterocycles. The highest BCUT2D eigenvalue weighted by Gasteiger charge is 2.28. The van der Waals surface area contributed by atoms with Gasteiger partial charge in [0, 0.05) is 32.1 Å². The Balaban J connectivity index is 1.80. The lowest BCUT2D eigenvalue weighted by Gasteiger charge is -2.24. The third-order valence-electron chi connectivity index (χ3n) is 4.43. The maximum absolute atomic E-state index is 4.68. The van der Waals surface area contributed by atoms with Crippen LogP contribution in [-0.4, -0.2) is 38.0 Å². The lowest BCUT2D eigenvalue weighted by molar-refractivity contribution is 0.234. The van der Waals surface area contributed by atoms with Gasteiger partial charge in [-0.3, -0.25) is 4.90 Å². The van der Waals surface area contributed by atoms with Gasteiger partial charge in [-0.25, -0.2) is 15.0 Å². The van der Waals surface area contributed by atoms with Gasteiger partial charge in [-0.1, -0.05) is 6.92 Å². The molecule has 6 heteroatoms. The van der Waals surface area contributed by atoms with Crippen LogP contribution in [0.4, 0.5) is 5.82 Å². The van der Waals surface area contributed by atoms with Crippen molar-refractivity contribution in [2.75, 3.05) is 18.9 Å². The second kappa shape index (κ2) is 7.08. The van der Waals surface area contributed by atoms with E-state index in [4.69, 9.17) is 0 Å². The topological polar surface area (TPSA) is 58.9 Å². The van der Waals surface area contributed by atoms with Crippen molar-refractivity contribution in [2.45, 2.75) is 52.2 Å². The summed E-state index contributed by atoms with van der Waals surface area (Å²) >= 11 is 0. The molecule has 0 unspecified atom stereocenters. The first-order valence-corrected chi connectivity index (χ1v) is 8.48. The van der Waals surface area contributed by atoms with Gasteiger partial charge in [0.1, 0.15) is 17.5 Å². The van der Waals surface area contributed by atoms with Gasteiger partial charge in [-0.2, -0.15) is 0 Å². The smallest absolute Gasteiger partial charge is 0.129 e. The lowest BCUT2D eigenvalue weighted by atomic mass is 10.1. The summed E-state index contributed by atoms with van der Waals surface area (Å²) < 4.78 is 2.26. The molecule has 0 radical (unpaired) electrons. The Morgan fingerprint density at radius 1 is 1.35 bits per heavy atom. The van der Waals surface area contributed by atoms with E-state index in [0.29, 0.717) is 6.04 Å². The number of nitrogens with zero attached hydrogens (tertiary/aromatic N) is 5. The summed E-state index contributed by atoms with van der Waals surface area (Å²) in [7, 11) is 1.90. The predicted octanol–water partition coefficient (Wildman–Crippen LogP) is 2.77. The van der Waals surface area contributed by atoms with Crippen LogP contribution >= 0.6 is 0 Å². The molecule has 0 bridgehead atoms. The number of imidazole rings is 1. The third-order valence-corrected chi connectivity index (χ3v) is 4.43. The number of hydrogen-bond acceptors (Lipinski definition) is 5. The number of hydrogen-bond donors (Lipinski definition) is 1. The maximum atomic E-state index is 4.68. The molecule has 2 aromatic heterocycles. The minimum Gasteiger partial charge on any atom is -0.373 e. The molecule has 1 fully saturated rings. The van der Waals surface area contributed by atoms with E-state index in [1.165, 1.54) is 6.42 Å². The fraction of sp³-hybridized carbons (Fsp3) is 0.588. The van der Waals surface area contributed by atoms with Crippen LogP contribution in [0.2, 0.25) is 0 Å². The molecule has 1 atom stereocenters. The Labute approximate surface area is 138 Å². The number of anilines is 1.